The summed E-state index contributed by atoms with van der Waals surface area (Å²) in [7, 11) is 1.26. The number of aromatic nitrogens is 2. The van der Waals surface area contributed by atoms with Gasteiger partial charge in [-0.05, 0) is 25.0 Å². The molecular weight excluding hydrogens is 379 g/mol. The van der Waals surface area contributed by atoms with E-state index in [2.05, 4.69) is 20.0 Å². The minimum atomic E-state index is -4.47. The van der Waals surface area contributed by atoms with Gasteiger partial charge < -0.3 is 19.8 Å². The highest BCUT2D eigenvalue weighted by atomic mass is 19.4. The Morgan fingerprint density at radius 3 is 2.54 bits per heavy atom. The average molecular weight is 399 g/mol. The lowest BCUT2D eigenvalue weighted by Gasteiger charge is -2.09. The summed E-state index contributed by atoms with van der Waals surface area (Å²) in [5.41, 5.74) is 1.86. The number of H-pyrrole nitrogens is 1. The summed E-state index contributed by atoms with van der Waals surface area (Å²) in [6, 6.07) is 2.58. The first-order valence-electron chi connectivity index (χ1n) is 8.43. The summed E-state index contributed by atoms with van der Waals surface area (Å²) in [5, 5.41) is 2.59. The first kappa shape index (κ1) is 21.3. The van der Waals surface area contributed by atoms with Gasteiger partial charge in [0.05, 0.1) is 24.6 Å². The van der Waals surface area contributed by atoms with E-state index in [9.17, 15) is 22.8 Å². The molecule has 0 radical (unpaired) electrons. The van der Waals surface area contributed by atoms with Crippen molar-refractivity contribution in [3.8, 4) is 5.88 Å². The predicted molar refractivity (Wildman–Crippen MR) is 94.6 cm³/mol. The number of carbonyl (C=O) groups excluding carboxylic acids is 2. The van der Waals surface area contributed by atoms with E-state index in [0.717, 1.165) is 0 Å². The zero-order chi connectivity index (χ0) is 20.9. The standard InChI is InChI=1S/C18H20F3N3O4/c1-4-5-12-14(17(26)27-3)10(2)23-15(12)16(25)24-11-6-7-13(22-8-11)28-9-18(19,20)21/h6-8,23H,4-5,9H2,1-3H3,(H,24,25). The van der Waals surface area contributed by atoms with Crippen LogP contribution in [-0.4, -0.2) is 41.7 Å². The molecule has 0 fully saturated rings. The highest BCUT2D eigenvalue weighted by Gasteiger charge is 2.28. The summed E-state index contributed by atoms with van der Waals surface area (Å²) in [5.74, 6) is -1.26. The fourth-order valence-corrected chi connectivity index (χ4v) is 2.64. The van der Waals surface area contributed by atoms with Gasteiger partial charge in [0, 0.05) is 11.8 Å². The Bertz CT molecular complexity index is 845. The maximum Gasteiger partial charge on any atom is 0.422 e. The lowest BCUT2D eigenvalue weighted by atomic mass is 10.0. The number of carbonyl (C=O) groups is 2. The van der Waals surface area contributed by atoms with E-state index in [1.54, 1.807) is 6.92 Å². The Balaban J connectivity index is 2.17. The molecule has 2 aromatic rings. The van der Waals surface area contributed by atoms with Crippen LogP contribution in [0.15, 0.2) is 18.3 Å². The van der Waals surface area contributed by atoms with Crippen LogP contribution in [0.25, 0.3) is 0 Å². The molecule has 0 aromatic carbocycles. The van der Waals surface area contributed by atoms with Crippen molar-refractivity contribution in [2.75, 3.05) is 19.0 Å². The molecule has 2 heterocycles. The monoisotopic (exact) mass is 399 g/mol. The quantitative estimate of drug-likeness (QED) is 0.694. The molecule has 0 saturated carbocycles. The van der Waals surface area contributed by atoms with Crippen LogP contribution in [0.4, 0.5) is 18.9 Å². The van der Waals surface area contributed by atoms with Crippen molar-refractivity contribution in [1.82, 2.24) is 9.97 Å². The molecule has 2 aromatic heterocycles. The second-order valence-corrected chi connectivity index (χ2v) is 5.96. The van der Waals surface area contributed by atoms with E-state index >= 15 is 0 Å². The summed E-state index contributed by atoms with van der Waals surface area (Å²) < 4.78 is 45.8. The number of anilines is 1. The average Bonchev–Trinajstić information content (AvgIpc) is 2.96. The molecular formula is C18H20F3N3O4. The minimum absolute atomic E-state index is 0.217. The molecule has 28 heavy (non-hydrogen) atoms. The molecule has 0 aliphatic carbocycles. The van der Waals surface area contributed by atoms with Gasteiger partial charge in [-0.1, -0.05) is 13.3 Å². The lowest BCUT2D eigenvalue weighted by Crippen LogP contribution is -2.19. The van der Waals surface area contributed by atoms with Gasteiger partial charge in [0.2, 0.25) is 5.88 Å². The summed E-state index contributed by atoms with van der Waals surface area (Å²) in [4.78, 5) is 31.3. The Labute approximate surface area is 159 Å². The summed E-state index contributed by atoms with van der Waals surface area (Å²) >= 11 is 0. The molecule has 1 amide bonds. The molecule has 10 heteroatoms. The van der Waals surface area contributed by atoms with Gasteiger partial charge in [0.1, 0.15) is 5.69 Å². The molecule has 2 N–H and O–H groups in total. The number of aromatic amines is 1. The van der Waals surface area contributed by atoms with Crippen molar-refractivity contribution in [3.63, 3.8) is 0 Å². The van der Waals surface area contributed by atoms with Crippen molar-refractivity contribution >= 4 is 17.6 Å². The van der Waals surface area contributed by atoms with E-state index in [-0.39, 0.29) is 17.3 Å². The first-order valence-corrected chi connectivity index (χ1v) is 8.43. The van der Waals surface area contributed by atoms with Gasteiger partial charge in [-0.2, -0.15) is 13.2 Å². The largest absolute Gasteiger partial charge is 0.468 e. The normalized spacial score (nSPS) is 11.2. The third-order valence-electron chi connectivity index (χ3n) is 3.79. The molecule has 152 valence electrons. The van der Waals surface area contributed by atoms with Gasteiger partial charge in [-0.25, -0.2) is 9.78 Å². The number of hydrogen-bond acceptors (Lipinski definition) is 5. The number of esters is 1. The fourth-order valence-electron chi connectivity index (χ4n) is 2.64. The predicted octanol–water partition coefficient (Wildman–Crippen LogP) is 3.65. The van der Waals surface area contributed by atoms with Crippen LogP contribution in [0.5, 0.6) is 5.88 Å². The topological polar surface area (TPSA) is 93.3 Å². The summed E-state index contributed by atoms with van der Waals surface area (Å²) in [6.07, 6.45) is -2.10. The molecule has 0 unspecified atom stereocenters. The maximum atomic E-state index is 12.6. The number of hydrogen-bond donors (Lipinski definition) is 2. The molecule has 7 nitrogen and oxygen atoms in total. The van der Waals surface area contributed by atoms with Gasteiger partial charge in [-0.15, -0.1) is 0 Å². The second kappa shape index (κ2) is 8.77. The number of nitrogens with one attached hydrogen (secondary N) is 2. The van der Waals surface area contributed by atoms with Crippen LogP contribution in [0.2, 0.25) is 0 Å². The van der Waals surface area contributed by atoms with Crippen molar-refractivity contribution in [2.24, 2.45) is 0 Å². The third-order valence-corrected chi connectivity index (χ3v) is 3.79. The Morgan fingerprint density at radius 2 is 2.00 bits per heavy atom. The van der Waals surface area contributed by atoms with Crippen LogP contribution in [-0.2, 0) is 11.2 Å². The SMILES string of the molecule is CCCc1c(C(=O)Nc2ccc(OCC(F)(F)F)nc2)[nH]c(C)c1C(=O)OC. The number of alkyl halides is 3. The van der Waals surface area contributed by atoms with E-state index in [1.165, 1.54) is 25.4 Å². The molecule has 0 aliphatic rings. The number of ether oxygens (including phenoxy) is 2. The van der Waals surface area contributed by atoms with Gasteiger partial charge in [0.25, 0.3) is 5.91 Å². The van der Waals surface area contributed by atoms with Crippen LogP contribution in [0.1, 0.15) is 45.4 Å². The van der Waals surface area contributed by atoms with Crippen LogP contribution >= 0.6 is 0 Å². The van der Waals surface area contributed by atoms with Gasteiger partial charge >= 0.3 is 12.1 Å². The number of methoxy groups -OCH3 is 1. The number of amides is 1. The highest BCUT2D eigenvalue weighted by Crippen LogP contribution is 2.23. The lowest BCUT2D eigenvalue weighted by molar-refractivity contribution is -0.154. The number of rotatable bonds is 7. The first-order chi connectivity index (χ1) is 13.2. The Kier molecular flexibility index (Phi) is 6.66. The zero-order valence-electron chi connectivity index (χ0n) is 15.6. The Hall–Kier alpha value is -3.04. The molecule has 0 aliphatic heterocycles. The molecule has 2 rings (SSSR count). The molecule has 0 bridgehead atoms. The van der Waals surface area contributed by atoms with Crippen LogP contribution < -0.4 is 10.1 Å². The van der Waals surface area contributed by atoms with E-state index in [4.69, 9.17) is 4.74 Å². The Morgan fingerprint density at radius 1 is 1.29 bits per heavy atom. The van der Waals surface area contributed by atoms with E-state index < -0.39 is 24.7 Å². The highest BCUT2D eigenvalue weighted by molar-refractivity contribution is 6.06. The smallest absolute Gasteiger partial charge is 0.422 e. The number of nitrogens with zero attached hydrogens (tertiary/aromatic N) is 1. The molecule has 0 atom stereocenters. The third kappa shape index (κ3) is 5.24. The van der Waals surface area contributed by atoms with Crippen LogP contribution in [0, 0.1) is 6.92 Å². The zero-order valence-corrected chi connectivity index (χ0v) is 15.6. The molecule has 0 spiro atoms. The fraction of sp³-hybridized carbons (Fsp3) is 0.389. The molecule has 0 saturated heterocycles. The second-order valence-electron chi connectivity index (χ2n) is 5.96. The van der Waals surface area contributed by atoms with Crippen LogP contribution in [0.3, 0.4) is 0 Å². The number of aryl methyl sites for hydroxylation is 1. The van der Waals surface area contributed by atoms with Crippen molar-refractivity contribution < 1.29 is 32.2 Å². The summed E-state index contributed by atoms with van der Waals surface area (Å²) in [6.45, 7) is 2.12. The van der Waals surface area contributed by atoms with Gasteiger partial charge in [0.15, 0.2) is 6.61 Å². The van der Waals surface area contributed by atoms with Crippen molar-refractivity contribution in [2.45, 2.75) is 32.9 Å². The van der Waals surface area contributed by atoms with Crippen molar-refractivity contribution in [3.05, 3.63) is 40.8 Å². The van der Waals surface area contributed by atoms with E-state index in [0.29, 0.717) is 29.7 Å². The van der Waals surface area contributed by atoms with E-state index in [1.807, 2.05) is 6.92 Å². The number of pyridine rings is 1. The maximum absolute atomic E-state index is 12.6. The van der Waals surface area contributed by atoms with Crippen molar-refractivity contribution in [1.29, 1.82) is 0 Å². The number of halogens is 3. The minimum Gasteiger partial charge on any atom is -0.468 e. The van der Waals surface area contributed by atoms with Gasteiger partial charge in [-0.3, -0.25) is 4.79 Å².